The second kappa shape index (κ2) is 7.24. The van der Waals surface area contributed by atoms with Gasteiger partial charge in [0, 0.05) is 23.6 Å². The number of hydrogen-bond acceptors (Lipinski definition) is 6. The fourth-order valence-corrected chi connectivity index (χ4v) is 3.31. The number of fused-ring (bicyclic) bond motifs is 1. The summed E-state index contributed by atoms with van der Waals surface area (Å²) in [6.07, 6.45) is 1.65. The van der Waals surface area contributed by atoms with Crippen molar-refractivity contribution in [1.82, 2.24) is 14.7 Å². The molecule has 0 spiro atoms. The Hall–Kier alpha value is -4.34. The number of hydrogen-bond donors (Lipinski definition) is 1. The van der Waals surface area contributed by atoms with E-state index < -0.39 is 34.9 Å². The third-order valence-corrected chi connectivity index (χ3v) is 4.68. The second-order valence-corrected chi connectivity index (χ2v) is 6.64. The van der Waals surface area contributed by atoms with E-state index >= 15 is 0 Å². The number of carbonyl (C=O) groups excluding carboxylic acids is 3. The van der Waals surface area contributed by atoms with Crippen molar-refractivity contribution in [3.63, 3.8) is 0 Å². The zero-order valence-corrected chi connectivity index (χ0v) is 15.7. The number of nitro benzene ring substituents is 1. The number of aryl methyl sites for hydroxylation is 1. The standard InChI is InChI=1S/C20H15N5O5/c1-12-8-9-21-24(12)14-5-2-4-13(10-14)22-17(26)11-23-19(27)15-6-3-7-16(25(29)30)18(15)20(23)28/h2-10H,11H2,1H3,(H,22,26). The van der Waals surface area contributed by atoms with Crippen LogP contribution in [0.3, 0.4) is 0 Å². The monoisotopic (exact) mass is 405 g/mol. The molecule has 0 bridgehead atoms. The highest BCUT2D eigenvalue weighted by molar-refractivity contribution is 6.24. The molecule has 2 aromatic carbocycles. The predicted octanol–water partition coefficient (Wildman–Crippen LogP) is 2.32. The minimum atomic E-state index is -0.863. The van der Waals surface area contributed by atoms with Crippen molar-refractivity contribution in [2.45, 2.75) is 6.92 Å². The highest BCUT2D eigenvalue weighted by atomic mass is 16.6. The highest BCUT2D eigenvalue weighted by Gasteiger charge is 2.41. The maximum Gasteiger partial charge on any atom is 0.282 e. The largest absolute Gasteiger partial charge is 0.324 e. The minimum Gasteiger partial charge on any atom is -0.324 e. The summed E-state index contributed by atoms with van der Waals surface area (Å²) < 4.78 is 1.69. The molecule has 2 heterocycles. The molecule has 10 heteroatoms. The van der Waals surface area contributed by atoms with E-state index in [1.807, 2.05) is 19.1 Å². The van der Waals surface area contributed by atoms with Gasteiger partial charge in [-0.1, -0.05) is 12.1 Å². The van der Waals surface area contributed by atoms with Crippen LogP contribution in [0.2, 0.25) is 0 Å². The molecule has 3 amide bonds. The van der Waals surface area contributed by atoms with Crippen LogP contribution in [0.15, 0.2) is 54.7 Å². The first-order chi connectivity index (χ1) is 14.4. The Bertz CT molecular complexity index is 1220. The van der Waals surface area contributed by atoms with Crippen LogP contribution in [0.5, 0.6) is 0 Å². The number of carbonyl (C=O) groups is 3. The number of rotatable bonds is 5. The van der Waals surface area contributed by atoms with E-state index in [4.69, 9.17) is 0 Å². The maximum atomic E-state index is 12.6. The van der Waals surface area contributed by atoms with E-state index in [0.29, 0.717) is 10.6 Å². The summed E-state index contributed by atoms with van der Waals surface area (Å²) in [5, 5.41) is 18.0. The zero-order chi connectivity index (χ0) is 21.4. The number of anilines is 1. The summed E-state index contributed by atoms with van der Waals surface area (Å²) in [5.41, 5.74) is 1.25. The number of imide groups is 1. The average Bonchev–Trinajstić information content (AvgIpc) is 3.25. The Kier molecular flexibility index (Phi) is 4.59. The lowest BCUT2D eigenvalue weighted by atomic mass is 10.1. The van der Waals surface area contributed by atoms with Crippen LogP contribution >= 0.6 is 0 Å². The van der Waals surface area contributed by atoms with Crippen molar-refractivity contribution < 1.29 is 19.3 Å². The summed E-state index contributed by atoms with van der Waals surface area (Å²) in [6, 6.07) is 12.6. The Morgan fingerprint density at radius 2 is 1.90 bits per heavy atom. The third kappa shape index (κ3) is 3.20. The first-order valence-corrected chi connectivity index (χ1v) is 8.91. The van der Waals surface area contributed by atoms with Crippen molar-refractivity contribution in [3.8, 4) is 5.69 Å². The van der Waals surface area contributed by atoms with Gasteiger partial charge >= 0.3 is 0 Å². The van der Waals surface area contributed by atoms with Gasteiger partial charge in [-0.05, 0) is 37.3 Å². The first kappa shape index (κ1) is 19.0. The number of amides is 3. The van der Waals surface area contributed by atoms with Crippen LogP contribution in [0, 0.1) is 17.0 Å². The number of nitro groups is 1. The second-order valence-electron chi connectivity index (χ2n) is 6.64. The summed E-state index contributed by atoms with van der Waals surface area (Å²) in [6.45, 7) is 1.33. The Morgan fingerprint density at radius 1 is 1.13 bits per heavy atom. The van der Waals surface area contributed by atoms with Crippen molar-refractivity contribution >= 4 is 29.1 Å². The van der Waals surface area contributed by atoms with Gasteiger partial charge in [0.15, 0.2) is 0 Å². The maximum absolute atomic E-state index is 12.6. The minimum absolute atomic E-state index is 0.0850. The molecule has 10 nitrogen and oxygen atoms in total. The highest BCUT2D eigenvalue weighted by Crippen LogP contribution is 2.30. The molecular formula is C20H15N5O5. The van der Waals surface area contributed by atoms with Gasteiger partial charge in [-0.2, -0.15) is 5.10 Å². The summed E-state index contributed by atoms with van der Waals surface area (Å²) >= 11 is 0. The summed E-state index contributed by atoms with van der Waals surface area (Å²) in [4.78, 5) is 48.7. The smallest absolute Gasteiger partial charge is 0.282 e. The van der Waals surface area contributed by atoms with Gasteiger partial charge < -0.3 is 5.32 Å². The zero-order valence-electron chi connectivity index (χ0n) is 15.7. The summed E-state index contributed by atoms with van der Waals surface area (Å²) in [7, 11) is 0. The molecule has 30 heavy (non-hydrogen) atoms. The normalized spacial score (nSPS) is 12.8. The van der Waals surface area contributed by atoms with E-state index in [1.54, 1.807) is 29.1 Å². The summed E-state index contributed by atoms with van der Waals surface area (Å²) in [5.74, 6) is -2.21. The SMILES string of the molecule is Cc1ccnn1-c1cccc(NC(=O)CN2C(=O)c3cccc([N+](=O)[O-])c3C2=O)c1. The van der Waals surface area contributed by atoms with E-state index in [2.05, 4.69) is 10.4 Å². The van der Waals surface area contributed by atoms with Gasteiger partial charge in [0.25, 0.3) is 17.5 Å². The number of aromatic nitrogens is 2. The van der Waals surface area contributed by atoms with Gasteiger partial charge in [-0.15, -0.1) is 0 Å². The molecule has 1 N–H and O–H groups in total. The molecule has 0 saturated heterocycles. The molecule has 0 aliphatic carbocycles. The average molecular weight is 405 g/mol. The number of nitrogens with zero attached hydrogens (tertiary/aromatic N) is 4. The molecule has 0 radical (unpaired) electrons. The molecule has 0 fully saturated rings. The van der Waals surface area contributed by atoms with E-state index in [-0.39, 0.29) is 11.1 Å². The van der Waals surface area contributed by atoms with Crippen LogP contribution in [-0.2, 0) is 4.79 Å². The molecule has 3 aromatic rings. The molecule has 0 atom stereocenters. The fraction of sp³-hybridized carbons (Fsp3) is 0.100. The lowest BCUT2D eigenvalue weighted by Crippen LogP contribution is -2.37. The molecule has 0 saturated carbocycles. The van der Waals surface area contributed by atoms with Gasteiger partial charge in [0.2, 0.25) is 5.91 Å². The van der Waals surface area contributed by atoms with Crippen molar-refractivity contribution in [2.24, 2.45) is 0 Å². The van der Waals surface area contributed by atoms with Gasteiger partial charge in [-0.3, -0.25) is 29.4 Å². The Balaban J connectivity index is 1.52. The fourth-order valence-electron chi connectivity index (χ4n) is 3.31. The lowest BCUT2D eigenvalue weighted by Gasteiger charge is -2.14. The van der Waals surface area contributed by atoms with Crippen molar-refractivity contribution in [2.75, 3.05) is 11.9 Å². The van der Waals surface area contributed by atoms with E-state index in [0.717, 1.165) is 17.4 Å². The van der Waals surface area contributed by atoms with Gasteiger partial charge in [0.05, 0.1) is 16.2 Å². The predicted molar refractivity (Wildman–Crippen MR) is 105 cm³/mol. The van der Waals surface area contributed by atoms with Crippen LogP contribution < -0.4 is 5.32 Å². The topological polar surface area (TPSA) is 127 Å². The van der Waals surface area contributed by atoms with Crippen LogP contribution in [0.25, 0.3) is 5.69 Å². The van der Waals surface area contributed by atoms with Crippen LogP contribution in [0.4, 0.5) is 11.4 Å². The quantitative estimate of drug-likeness (QED) is 0.394. The lowest BCUT2D eigenvalue weighted by molar-refractivity contribution is -0.385. The van der Waals surface area contributed by atoms with Crippen molar-refractivity contribution in [3.05, 3.63) is 81.7 Å². The van der Waals surface area contributed by atoms with E-state index in [1.165, 1.54) is 12.1 Å². The van der Waals surface area contributed by atoms with Gasteiger partial charge in [0.1, 0.15) is 12.1 Å². The van der Waals surface area contributed by atoms with Crippen LogP contribution in [-0.4, -0.2) is 43.9 Å². The Morgan fingerprint density at radius 3 is 2.60 bits per heavy atom. The molecule has 1 aliphatic rings. The third-order valence-electron chi connectivity index (χ3n) is 4.68. The van der Waals surface area contributed by atoms with Crippen LogP contribution in [0.1, 0.15) is 26.4 Å². The number of nitrogens with one attached hydrogen (secondary N) is 1. The van der Waals surface area contributed by atoms with E-state index in [9.17, 15) is 24.5 Å². The molecule has 1 aliphatic heterocycles. The van der Waals surface area contributed by atoms with Crippen molar-refractivity contribution in [1.29, 1.82) is 0 Å². The first-order valence-electron chi connectivity index (χ1n) is 8.91. The molecular weight excluding hydrogens is 390 g/mol. The molecule has 1 aromatic heterocycles. The van der Waals surface area contributed by atoms with Gasteiger partial charge in [-0.25, -0.2) is 4.68 Å². The molecule has 0 unspecified atom stereocenters. The molecule has 150 valence electrons. The Labute approximate surface area is 169 Å². The molecule has 4 rings (SSSR count). The number of benzene rings is 2.